The van der Waals surface area contributed by atoms with Crippen molar-refractivity contribution in [2.45, 2.75) is 0 Å². The van der Waals surface area contributed by atoms with Crippen LogP contribution in [0, 0.1) is 0 Å². The third-order valence-corrected chi connectivity index (χ3v) is 4.91. The second-order valence-electron chi connectivity index (χ2n) is 5.12. The quantitative estimate of drug-likeness (QED) is 0.706. The summed E-state index contributed by atoms with van der Waals surface area (Å²) in [6, 6.07) is 10.4. The minimum absolute atomic E-state index is 0.275. The number of hydrogen-bond acceptors (Lipinski definition) is 4. The molecule has 1 aliphatic rings. The zero-order valence-corrected chi connectivity index (χ0v) is 13.8. The Morgan fingerprint density at radius 1 is 1.17 bits per heavy atom. The Labute approximate surface area is 146 Å². The van der Waals surface area contributed by atoms with Gasteiger partial charge in [-0.25, -0.2) is 0 Å². The SMILES string of the molecule is O=C1Nc2ccccc2N(C(=O)c2ccncc2)c2c1csc2Cl. The number of aromatic nitrogens is 1. The normalized spacial score (nSPS) is 12.9. The average molecular weight is 356 g/mol. The molecule has 118 valence electrons. The van der Waals surface area contributed by atoms with E-state index in [0.29, 0.717) is 32.5 Å². The van der Waals surface area contributed by atoms with Crippen LogP contribution in [0.15, 0.2) is 54.2 Å². The number of amides is 2. The number of anilines is 3. The van der Waals surface area contributed by atoms with Crippen LogP contribution in [0.25, 0.3) is 0 Å². The van der Waals surface area contributed by atoms with Gasteiger partial charge in [0.05, 0.1) is 22.6 Å². The fourth-order valence-corrected chi connectivity index (χ4v) is 3.69. The lowest BCUT2D eigenvalue weighted by atomic mass is 10.1. The molecule has 0 spiro atoms. The van der Waals surface area contributed by atoms with Gasteiger partial charge < -0.3 is 5.32 Å². The number of benzene rings is 1. The van der Waals surface area contributed by atoms with Crippen molar-refractivity contribution < 1.29 is 9.59 Å². The number of para-hydroxylation sites is 2. The molecule has 24 heavy (non-hydrogen) atoms. The topological polar surface area (TPSA) is 62.3 Å². The predicted molar refractivity (Wildman–Crippen MR) is 94.4 cm³/mol. The van der Waals surface area contributed by atoms with E-state index >= 15 is 0 Å². The highest BCUT2D eigenvalue weighted by molar-refractivity contribution is 7.15. The molecular formula is C17H10ClN3O2S. The summed E-state index contributed by atoms with van der Waals surface area (Å²) in [5, 5.41) is 4.49. The molecule has 0 fully saturated rings. The standard InChI is InChI=1S/C17H10ClN3O2S/c18-15-14-11(9-24-15)16(22)20-12-3-1-2-4-13(12)21(14)17(23)10-5-7-19-8-6-10/h1-9H,(H,20,22). The zero-order valence-electron chi connectivity index (χ0n) is 12.2. The van der Waals surface area contributed by atoms with Crippen molar-refractivity contribution >= 4 is 51.8 Å². The average Bonchev–Trinajstić information content (AvgIpc) is 2.93. The first-order chi connectivity index (χ1) is 11.7. The highest BCUT2D eigenvalue weighted by Gasteiger charge is 2.32. The largest absolute Gasteiger partial charge is 0.320 e. The Kier molecular flexibility index (Phi) is 3.55. The molecule has 3 heterocycles. The number of nitrogens with zero attached hydrogens (tertiary/aromatic N) is 2. The fraction of sp³-hybridized carbons (Fsp3) is 0. The van der Waals surface area contributed by atoms with Crippen LogP contribution in [-0.4, -0.2) is 16.8 Å². The monoisotopic (exact) mass is 355 g/mol. The van der Waals surface area contributed by atoms with Gasteiger partial charge in [0.15, 0.2) is 0 Å². The molecule has 0 saturated heterocycles. The van der Waals surface area contributed by atoms with Crippen LogP contribution in [0.4, 0.5) is 17.1 Å². The maximum atomic E-state index is 13.1. The van der Waals surface area contributed by atoms with Crippen LogP contribution in [0.1, 0.15) is 20.7 Å². The Bertz CT molecular complexity index is 955. The number of hydrogen-bond donors (Lipinski definition) is 1. The molecular weight excluding hydrogens is 346 g/mol. The van der Waals surface area contributed by atoms with Gasteiger partial charge in [-0.05, 0) is 24.3 Å². The molecule has 1 aromatic carbocycles. The van der Waals surface area contributed by atoms with Crippen LogP contribution < -0.4 is 10.2 Å². The highest BCUT2D eigenvalue weighted by Crippen LogP contribution is 2.45. The van der Waals surface area contributed by atoms with Crippen molar-refractivity contribution in [3.05, 3.63) is 69.6 Å². The summed E-state index contributed by atoms with van der Waals surface area (Å²) in [5.74, 6) is -0.562. The summed E-state index contributed by atoms with van der Waals surface area (Å²) in [5.41, 5.74) is 2.38. The van der Waals surface area contributed by atoms with E-state index in [0.717, 1.165) is 0 Å². The lowest BCUT2D eigenvalue weighted by Crippen LogP contribution is -2.26. The van der Waals surface area contributed by atoms with E-state index in [1.165, 1.54) is 16.2 Å². The van der Waals surface area contributed by atoms with Crippen molar-refractivity contribution in [2.24, 2.45) is 0 Å². The van der Waals surface area contributed by atoms with E-state index in [1.807, 2.05) is 6.07 Å². The van der Waals surface area contributed by atoms with Crippen LogP contribution >= 0.6 is 22.9 Å². The molecule has 5 nitrogen and oxygen atoms in total. The smallest absolute Gasteiger partial charge is 0.263 e. The third kappa shape index (κ3) is 2.28. The Hall–Kier alpha value is -2.70. The predicted octanol–water partition coefficient (Wildman–Crippen LogP) is 4.34. The van der Waals surface area contributed by atoms with Crippen LogP contribution in [-0.2, 0) is 0 Å². The summed E-state index contributed by atoms with van der Waals surface area (Å²) in [6.45, 7) is 0. The van der Waals surface area contributed by atoms with Gasteiger partial charge in [0, 0.05) is 23.3 Å². The van der Waals surface area contributed by atoms with Gasteiger partial charge in [-0.2, -0.15) is 0 Å². The van der Waals surface area contributed by atoms with Gasteiger partial charge in [-0.15, -0.1) is 11.3 Å². The molecule has 1 aliphatic heterocycles. The molecule has 0 saturated carbocycles. The van der Waals surface area contributed by atoms with Crippen molar-refractivity contribution in [2.75, 3.05) is 10.2 Å². The number of thiophene rings is 1. The van der Waals surface area contributed by atoms with Gasteiger partial charge in [-0.1, -0.05) is 23.7 Å². The number of carbonyl (C=O) groups excluding carboxylic acids is 2. The summed E-state index contributed by atoms with van der Waals surface area (Å²) >= 11 is 7.54. The molecule has 0 unspecified atom stereocenters. The van der Waals surface area contributed by atoms with E-state index in [2.05, 4.69) is 10.3 Å². The van der Waals surface area contributed by atoms with Gasteiger partial charge in [0.25, 0.3) is 11.8 Å². The molecule has 2 amide bonds. The number of fused-ring (bicyclic) bond motifs is 2. The minimum atomic E-state index is -0.286. The van der Waals surface area contributed by atoms with E-state index in [-0.39, 0.29) is 11.8 Å². The summed E-state index contributed by atoms with van der Waals surface area (Å²) < 4.78 is 0.388. The molecule has 2 aromatic heterocycles. The molecule has 4 rings (SSSR count). The van der Waals surface area contributed by atoms with E-state index in [1.54, 1.807) is 48.1 Å². The Morgan fingerprint density at radius 2 is 1.92 bits per heavy atom. The molecule has 0 bridgehead atoms. The number of carbonyl (C=O) groups is 2. The minimum Gasteiger partial charge on any atom is -0.320 e. The molecule has 0 radical (unpaired) electrons. The van der Waals surface area contributed by atoms with Crippen LogP contribution in [0.5, 0.6) is 0 Å². The van der Waals surface area contributed by atoms with Gasteiger partial charge in [-0.3, -0.25) is 19.5 Å². The molecule has 1 N–H and O–H groups in total. The third-order valence-electron chi connectivity index (χ3n) is 3.71. The maximum absolute atomic E-state index is 13.1. The number of pyridine rings is 1. The van der Waals surface area contributed by atoms with Crippen molar-refractivity contribution in [3.8, 4) is 0 Å². The lowest BCUT2D eigenvalue weighted by molar-refractivity contribution is 0.0999. The number of halogens is 1. The van der Waals surface area contributed by atoms with Gasteiger partial charge in [0.2, 0.25) is 0 Å². The number of rotatable bonds is 1. The summed E-state index contributed by atoms with van der Waals surface area (Å²) in [4.78, 5) is 31.0. The van der Waals surface area contributed by atoms with E-state index in [4.69, 9.17) is 11.6 Å². The zero-order chi connectivity index (χ0) is 16.7. The van der Waals surface area contributed by atoms with Crippen molar-refractivity contribution in [1.82, 2.24) is 4.98 Å². The van der Waals surface area contributed by atoms with Gasteiger partial charge in [0.1, 0.15) is 4.34 Å². The summed E-state index contributed by atoms with van der Waals surface area (Å²) in [7, 11) is 0. The number of nitrogens with one attached hydrogen (secondary N) is 1. The molecule has 7 heteroatoms. The van der Waals surface area contributed by atoms with Crippen molar-refractivity contribution in [3.63, 3.8) is 0 Å². The first kappa shape index (κ1) is 14.9. The van der Waals surface area contributed by atoms with Crippen LogP contribution in [0.2, 0.25) is 4.34 Å². The second kappa shape index (κ2) is 5.74. The van der Waals surface area contributed by atoms with Gasteiger partial charge >= 0.3 is 0 Å². The lowest BCUT2D eigenvalue weighted by Gasteiger charge is -2.23. The van der Waals surface area contributed by atoms with E-state index in [9.17, 15) is 9.59 Å². The van der Waals surface area contributed by atoms with Crippen molar-refractivity contribution in [1.29, 1.82) is 0 Å². The maximum Gasteiger partial charge on any atom is 0.263 e. The second-order valence-corrected chi connectivity index (χ2v) is 6.60. The highest BCUT2D eigenvalue weighted by atomic mass is 35.5. The molecule has 3 aromatic rings. The summed E-state index contributed by atoms with van der Waals surface area (Å²) in [6.07, 6.45) is 3.10. The first-order valence-corrected chi connectivity index (χ1v) is 8.34. The van der Waals surface area contributed by atoms with Crippen LogP contribution in [0.3, 0.4) is 0 Å². The fourth-order valence-electron chi connectivity index (χ4n) is 2.62. The first-order valence-electron chi connectivity index (χ1n) is 7.08. The molecule has 0 atom stereocenters. The Balaban J connectivity index is 1.98. The molecule has 0 aliphatic carbocycles. The van der Waals surface area contributed by atoms with E-state index < -0.39 is 0 Å². The Morgan fingerprint density at radius 3 is 2.71 bits per heavy atom.